The highest BCUT2D eigenvalue weighted by atomic mass is 19.4. The molecule has 0 aromatic heterocycles. The van der Waals surface area contributed by atoms with Crippen LogP contribution in [0.15, 0.2) is 24.3 Å². The fraction of sp³-hybridized carbons (Fsp3) is 0.533. The minimum atomic E-state index is -4.53. The second kappa shape index (κ2) is 7.00. The third-order valence-electron chi connectivity index (χ3n) is 3.94. The number of para-hydroxylation sites is 1. The molecule has 0 bridgehead atoms. The van der Waals surface area contributed by atoms with Gasteiger partial charge in [-0.05, 0) is 25.0 Å². The van der Waals surface area contributed by atoms with E-state index < -0.39 is 17.8 Å². The summed E-state index contributed by atoms with van der Waals surface area (Å²) in [5.74, 6) is -0.0441. The molecule has 2 rings (SSSR count). The number of anilines is 1. The Morgan fingerprint density at radius 2 is 1.91 bits per heavy atom. The number of benzene rings is 1. The summed E-state index contributed by atoms with van der Waals surface area (Å²) in [6, 6.07) is 3.95. The molecule has 1 fully saturated rings. The lowest BCUT2D eigenvalue weighted by molar-refractivity contribution is -0.136. The van der Waals surface area contributed by atoms with E-state index >= 15 is 0 Å². The van der Waals surface area contributed by atoms with Gasteiger partial charge in [-0.2, -0.15) is 13.2 Å². The van der Waals surface area contributed by atoms with Gasteiger partial charge in [0, 0.05) is 18.6 Å². The van der Waals surface area contributed by atoms with Crippen LogP contribution in [-0.4, -0.2) is 23.8 Å². The average molecular weight is 316 g/mol. The van der Waals surface area contributed by atoms with Crippen LogP contribution in [-0.2, 0) is 6.18 Å². The van der Waals surface area contributed by atoms with Gasteiger partial charge in [-0.25, -0.2) is 4.79 Å². The lowest BCUT2D eigenvalue weighted by Crippen LogP contribution is -2.45. The number of halogens is 3. The molecular weight excluding hydrogens is 297 g/mol. The molecule has 22 heavy (non-hydrogen) atoms. The second-order valence-corrected chi connectivity index (χ2v) is 5.48. The van der Waals surface area contributed by atoms with E-state index in [1.54, 1.807) is 0 Å². The summed E-state index contributed by atoms with van der Waals surface area (Å²) in [7, 11) is 0. The van der Waals surface area contributed by atoms with Crippen LogP contribution in [0.5, 0.6) is 0 Å². The number of alkyl halides is 3. The van der Waals surface area contributed by atoms with Gasteiger partial charge in [-0.1, -0.05) is 25.0 Å². The summed E-state index contributed by atoms with van der Waals surface area (Å²) in [5.41, 5.74) is -1.16. The van der Waals surface area contributed by atoms with E-state index in [-0.39, 0.29) is 24.3 Å². The van der Waals surface area contributed by atoms with Crippen LogP contribution in [0.1, 0.15) is 31.2 Å². The first-order valence-electron chi connectivity index (χ1n) is 7.26. The highest BCUT2D eigenvalue weighted by molar-refractivity contribution is 5.90. The number of rotatable bonds is 3. The van der Waals surface area contributed by atoms with Crippen molar-refractivity contribution in [3.63, 3.8) is 0 Å². The lowest BCUT2D eigenvalue weighted by atomic mass is 9.85. The molecule has 1 aromatic rings. The molecule has 1 aliphatic carbocycles. The standard InChI is InChI=1S/C15H19F3N2O2/c16-15(17,18)11-6-2-4-8-13(11)20-14(22)19-12-7-3-1-5-10(12)9-21/h2,4,6,8,10,12,21H,1,3,5,7,9H2,(H2,19,20,22). The van der Waals surface area contributed by atoms with Crippen LogP contribution >= 0.6 is 0 Å². The maximum absolute atomic E-state index is 12.9. The SMILES string of the molecule is O=C(Nc1ccccc1C(F)(F)F)NC1CCCCC1CO. The highest BCUT2D eigenvalue weighted by Crippen LogP contribution is 2.34. The van der Waals surface area contributed by atoms with Gasteiger partial charge in [0.15, 0.2) is 0 Å². The Bertz CT molecular complexity index is 520. The summed E-state index contributed by atoms with van der Waals surface area (Å²) >= 11 is 0. The zero-order chi connectivity index (χ0) is 16.2. The quantitative estimate of drug-likeness (QED) is 0.800. The van der Waals surface area contributed by atoms with E-state index in [4.69, 9.17) is 0 Å². The van der Waals surface area contributed by atoms with Gasteiger partial charge in [0.1, 0.15) is 0 Å². The van der Waals surface area contributed by atoms with Gasteiger partial charge in [0.2, 0.25) is 0 Å². The summed E-state index contributed by atoms with van der Waals surface area (Å²) in [6.07, 6.45) is -1.08. The molecule has 122 valence electrons. The van der Waals surface area contributed by atoms with Crippen LogP contribution in [0, 0.1) is 5.92 Å². The minimum absolute atomic E-state index is 0.0376. The average Bonchev–Trinajstić information content (AvgIpc) is 2.47. The molecule has 1 aliphatic rings. The Balaban J connectivity index is 2.03. The number of carbonyl (C=O) groups is 1. The van der Waals surface area contributed by atoms with Crippen molar-refractivity contribution in [2.75, 3.05) is 11.9 Å². The number of aliphatic hydroxyl groups is 1. The van der Waals surface area contributed by atoms with Gasteiger partial charge in [0.05, 0.1) is 11.3 Å². The maximum atomic E-state index is 12.9. The fourth-order valence-corrected chi connectivity index (χ4v) is 2.78. The number of hydrogen-bond donors (Lipinski definition) is 3. The minimum Gasteiger partial charge on any atom is -0.396 e. The molecule has 1 saturated carbocycles. The molecule has 0 radical (unpaired) electrons. The number of nitrogens with one attached hydrogen (secondary N) is 2. The molecule has 4 nitrogen and oxygen atoms in total. The summed E-state index contributed by atoms with van der Waals surface area (Å²) in [5, 5.41) is 14.2. The fourth-order valence-electron chi connectivity index (χ4n) is 2.78. The Morgan fingerprint density at radius 3 is 2.59 bits per heavy atom. The second-order valence-electron chi connectivity index (χ2n) is 5.48. The van der Waals surface area contributed by atoms with Gasteiger partial charge >= 0.3 is 12.2 Å². The van der Waals surface area contributed by atoms with Crippen LogP contribution in [0.2, 0.25) is 0 Å². The summed E-state index contributed by atoms with van der Waals surface area (Å²) < 4.78 is 38.6. The largest absolute Gasteiger partial charge is 0.418 e. The highest BCUT2D eigenvalue weighted by Gasteiger charge is 2.34. The monoisotopic (exact) mass is 316 g/mol. The molecule has 0 aliphatic heterocycles. The lowest BCUT2D eigenvalue weighted by Gasteiger charge is -2.30. The maximum Gasteiger partial charge on any atom is 0.418 e. The third-order valence-corrected chi connectivity index (χ3v) is 3.94. The van der Waals surface area contributed by atoms with Gasteiger partial charge < -0.3 is 15.7 Å². The van der Waals surface area contributed by atoms with E-state index in [1.165, 1.54) is 18.2 Å². The molecule has 0 spiro atoms. The van der Waals surface area contributed by atoms with Gasteiger partial charge in [-0.3, -0.25) is 0 Å². The Labute approximate surface area is 126 Å². The van der Waals surface area contributed by atoms with Crippen molar-refractivity contribution in [1.82, 2.24) is 5.32 Å². The molecule has 2 amide bonds. The van der Waals surface area contributed by atoms with Gasteiger partial charge in [-0.15, -0.1) is 0 Å². The number of aliphatic hydroxyl groups excluding tert-OH is 1. The molecule has 0 heterocycles. The molecular formula is C15H19F3N2O2. The molecule has 7 heteroatoms. The van der Waals surface area contributed by atoms with E-state index in [0.717, 1.165) is 31.7 Å². The summed E-state index contributed by atoms with van der Waals surface area (Å²) in [6.45, 7) is -0.0376. The van der Waals surface area contributed by atoms with Crippen molar-refractivity contribution in [2.45, 2.75) is 37.9 Å². The van der Waals surface area contributed by atoms with Crippen LogP contribution in [0.3, 0.4) is 0 Å². The van der Waals surface area contributed by atoms with Crippen LogP contribution in [0.25, 0.3) is 0 Å². The summed E-state index contributed by atoms with van der Waals surface area (Å²) in [4.78, 5) is 12.0. The number of amides is 2. The van der Waals surface area contributed by atoms with E-state index in [1.807, 2.05) is 0 Å². The van der Waals surface area contributed by atoms with Gasteiger partial charge in [0.25, 0.3) is 0 Å². The van der Waals surface area contributed by atoms with Crippen LogP contribution in [0.4, 0.5) is 23.7 Å². The number of urea groups is 1. The number of hydrogen-bond acceptors (Lipinski definition) is 2. The van der Waals surface area contributed by atoms with Crippen molar-refractivity contribution in [1.29, 1.82) is 0 Å². The first kappa shape index (κ1) is 16.6. The van der Waals surface area contributed by atoms with E-state index in [0.29, 0.717) is 0 Å². The van der Waals surface area contributed by atoms with E-state index in [2.05, 4.69) is 10.6 Å². The smallest absolute Gasteiger partial charge is 0.396 e. The molecule has 2 atom stereocenters. The van der Waals surface area contributed by atoms with Crippen molar-refractivity contribution in [3.05, 3.63) is 29.8 Å². The zero-order valence-corrected chi connectivity index (χ0v) is 12.0. The van der Waals surface area contributed by atoms with Crippen molar-refractivity contribution >= 4 is 11.7 Å². The van der Waals surface area contributed by atoms with Crippen molar-refractivity contribution in [2.24, 2.45) is 5.92 Å². The molecule has 1 aromatic carbocycles. The Morgan fingerprint density at radius 1 is 1.23 bits per heavy atom. The molecule has 3 N–H and O–H groups in total. The predicted octanol–water partition coefficient (Wildman–Crippen LogP) is 3.38. The predicted molar refractivity (Wildman–Crippen MR) is 76.4 cm³/mol. The zero-order valence-electron chi connectivity index (χ0n) is 12.0. The third kappa shape index (κ3) is 4.13. The first-order chi connectivity index (χ1) is 10.4. The van der Waals surface area contributed by atoms with E-state index in [9.17, 15) is 23.1 Å². The normalized spacial score (nSPS) is 22.2. The van der Waals surface area contributed by atoms with Crippen molar-refractivity contribution in [3.8, 4) is 0 Å². The topological polar surface area (TPSA) is 61.4 Å². The molecule has 2 unspecified atom stereocenters. The Hall–Kier alpha value is -1.76. The van der Waals surface area contributed by atoms with Crippen LogP contribution < -0.4 is 10.6 Å². The number of carbonyl (C=O) groups excluding carboxylic acids is 1. The van der Waals surface area contributed by atoms with Crippen molar-refractivity contribution < 1.29 is 23.1 Å². The first-order valence-corrected chi connectivity index (χ1v) is 7.26. The Kier molecular flexibility index (Phi) is 5.28. The molecule has 0 saturated heterocycles.